The molecule has 2 heterocycles. The van der Waals surface area contributed by atoms with Gasteiger partial charge in [0.15, 0.2) is 0 Å². The number of nitrogens with one attached hydrogen (secondary N) is 1. The highest BCUT2D eigenvalue weighted by Gasteiger charge is 2.17. The summed E-state index contributed by atoms with van der Waals surface area (Å²) in [5, 5.41) is 6.44. The Labute approximate surface area is 119 Å². The second-order valence-corrected chi connectivity index (χ2v) is 6.39. The van der Waals surface area contributed by atoms with E-state index in [2.05, 4.69) is 15.3 Å². The fourth-order valence-corrected chi connectivity index (χ4v) is 3.38. The fourth-order valence-electron chi connectivity index (χ4n) is 1.79. The standard InChI is InChI=1S/C12H16N4OS2/c1-6-11(19-8(3)14-6)7(2)15-12(17)9-5-18-10(4-13)16-9/h5,7H,4,13H2,1-3H3,(H,15,17). The summed E-state index contributed by atoms with van der Waals surface area (Å²) in [5.41, 5.74) is 6.88. The van der Waals surface area contributed by atoms with Gasteiger partial charge < -0.3 is 11.1 Å². The van der Waals surface area contributed by atoms with Crippen LogP contribution in [-0.2, 0) is 6.54 Å². The van der Waals surface area contributed by atoms with E-state index in [0.29, 0.717) is 12.2 Å². The summed E-state index contributed by atoms with van der Waals surface area (Å²) in [7, 11) is 0. The van der Waals surface area contributed by atoms with Crippen LogP contribution in [0.15, 0.2) is 5.38 Å². The Balaban J connectivity index is 2.08. The number of hydrogen-bond donors (Lipinski definition) is 2. The molecule has 0 radical (unpaired) electrons. The number of aryl methyl sites for hydroxylation is 2. The van der Waals surface area contributed by atoms with Crippen molar-refractivity contribution in [2.24, 2.45) is 5.73 Å². The smallest absolute Gasteiger partial charge is 0.271 e. The van der Waals surface area contributed by atoms with E-state index in [1.54, 1.807) is 16.7 Å². The Kier molecular flexibility index (Phi) is 4.28. The van der Waals surface area contributed by atoms with Crippen molar-refractivity contribution < 1.29 is 4.79 Å². The van der Waals surface area contributed by atoms with Gasteiger partial charge in [-0.3, -0.25) is 4.79 Å². The maximum atomic E-state index is 12.1. The minimum absolute atomic E-state index is 0.0678. The molecule has 0 fully saturated rings. The van der Waals surface area contributed by atoms with E-state index in [0.717, 1.165) is 20.6 Å². The molecule has 0 aromatic carbocycles. The molecule has 0 saturated heterocycles. The van der Waals surface area contributed by atoms with Crippen LogP contribution in [0.5, 0.6) is 0 Å². The van der Waals surface area contributed by atoms with E-state index in [1.807, 2.05) is 20.8 Å². The molecule has 0 spiro atoms. The maximum absolute atomic E-state index is 12.1. The monoisotopic (exact) mass is 296 g/mol. The summed E-state index contributed by atoms with van der Waals surface area (Å²) in [4.78, 5) is 21.7. The van der Waals surface area contributed by atoms with Gasteiger partial charge in [-0.25, -0.2) is 9.97 Å². The molecule has 19 heavy (non-hydrogen) atoms. The van der Waals surface area contributed by atoms with Gasteiger partial charge in [0.25, 0.3) is 5.91 Å². The predicted molar refractivity (Wildman–Crippen MR) is 77.5 cm³/mol. The van der Waals surface area contributed by atoms with Crippen molar-refractivity contribution in [2.75, 3.05) is 0 Å². The Morgan fingerprint density at radius 3 is 2.74 bits per heavy atom. The minimum atomic E-state index is -0.172. The SMILES string of the molecule is Cc1nc(C)c(C(C)NC(=O)c2csc(CN)n2)s1. The molecule has 7 heteroatoms. The highest BCUT2D eigenvalue weighted by Crippen LogP contribution is 2.24. The molecule has 102 valence electrons. The normalized spacial score (nSPS) is 12.4. The Bertz CT molecular complexity index is 590. The van der Waals surface area contributed by atoms with Crippen LogP contribution in [0.3, 0.4) is 0 Å². The zero-order valence-electron chi connectivity index (χ0n) is 11.1. The second-order valence-electron chi connectivity index (χ2n) is 4.21. The maximum Gasteiger partial charge on any atom is 0.271 e. The highest BCUT2D eigenvalue weighted by molar-refractivity contribution is 7.11. The largest absolute Gasteiger partial charge is 0.343 e. The topological polar surface area (TPSA) is 80.9 Å². The third-order valence-electron chi connectivity index (χ3n) is 2.64. The zero-order chi connectivity index (χ0) is 14.0. The molecule has 2 rings (SSSR count). The van der Waals surface area contributed by atoms with Crippen molar-refractivity contribution in [3.05, 3.63) is 31.7 Å². The van der Waals surface area contributed by atoms with Gasteiger partial charge in [-0.15, -0.1) is 22.7 Å². The lowest BCUT2D eigenvalue weighted by Gasteiger charge is -2.11. The molecular formula is C12H16N4OS2. The average Bonchev–Trinajstić information content (AvgIpc) is 2.95. The summed E-state index contributed by atoms with van der Waals surface area (Å²) >= 11 is 3.01. The molecule has 2 aromatic rings. The summed E-state index contributed by atoms with van der Waals surface area (Å²) in [5.74, 6) is -0.172. The number of nitrogens with zero attached hydrogens (tertiary/aromatic N) is 2. The van der Waals surface area contributed by atoms with Crippen LogP contribution in [0.1, 0.15) is 44.0 Å². The molecule has 0 bridgehead atoms. The summed E-state index contributed by atoms with van der Waals surface area (Å²) < 4.78 is 0. The molecular weight excluding hydrogens is 280 g/mol. The van der Waals surface area contributed by atoms with E-state index in [9.17, 15) is 4.79 Å². The first-order valence-corrected chi connectivity index (χ1v) is 7.60. The van der Waals surface area contributed by atoms with E-state index < -0.39 is 0 Å². The van der Waals surface area contributed by atoms with Gasteiger partial charge in [-0.05, 0) is 20.8 Å². The Morgan fingerprint density at radius 1 is 1.47 bits per heavy atom. The van der Waals surface area contributed by atoms with Gasteiger partial charge in [-0.1, -0.05) is 0 Å². The van der Waals surface area contributed by atoms with Gasteiger partial charge in [0.2, 0.25) is 0 Å². The van der Waals surface area contributed by atoms with E-state index in [1.165, 1.54) is 11.3 Å². The minimum Gasteiger partial charge on any atom is -0.343 e. The molecule has 0 saturated carbocycles. The van der Waals surface area contributed by atoms with Crippen LogP contribution < -0.4 is 11.1 Å². The van der Waals surface area contributed by atoms with Crippen molar-refractivity contribution >= 4 is 28.6 Å². The lowest BCUT2D eigenvalue weighted by atomic mass is 10.2. The van der Waals surface area contributed by atoms with Gasteiger partial charge >= 0.3 is 0 Å². The third kappa shape index (κ3) is 3.17. The molecule has 3 N–H and O–H groups in total. The average molecular weight is 296 g/mol. The van der Waals surface area contributed by atoms with E-state index >= 15 is 0 Å². The Morgan fingerprint density at radius 2 is 2.21 bits per heavy atom. The Hall–Kier alpha value is -1.31. The molecule has 0 aliphatic heterocycles. The van der Waals surface area contributed by atoms with Crippen molar-refractivity contribution in [2.45, 2.75) is 33.4 Å². The number of rotatable bonds is 4. The molecule has 1 atom stereocenters. The van der Waals surface area contributed by atoms with Crippen LogP contribution in [0.4, 0.5) is 0 Å². The summed E-state index contributed by atoms with van der Waals surface area (Å²) in [6.45, 7) is 6.23. The van der Waals surface area contributed by atoms with Crippen LogP contribution in [0.2, 0.25) is 0 Å². The van der Waals surface area contributed by atoms with Crippen molar-refractivity contribution in [3.63, 3.8) is 0 Å². The number of nitrogens with two attached hydrogens (primary N) is 1. The zero-order valence-corrected chi connectivity index (χ0v) is 12.7. The van der Waals surface area contributed by atoms with Crippen LogP contribution in [0, 0.1) is 13.8 Å². The third-order valence-corrected chi connectivity index (χ3v) is 4.77. The fraction of sp³-hybridized carbons (Fsp3) is 0.417. The first-order chi connectivity index (χ1) is 9.01. The van der Waals surface area contributed by atoms with Gasteiger partial charge in [0.1, 0.15) is 10.7 Å². The number of amides is 1. The van der Waals surface area contributed by atoms with Crippen molar-refractivity contribution in [3.8, 4) is 0 Å². The van der Waals surface area contributed by atoms with Gasteiger partial charge in [0, 0.05) is 16.8 Å². The second kappa shape index (κ2) is 5.77. The predicted octanol–water partition coefficient (Wildman–Crippen LogP) is 2.17. The van der Waals surface area contributed by atoms with Crippen molar-refractivity contribution in [1.82, 2.24) is 15.3 Å². The summed E-state index contributed by atoms with van der Waals surface area (Å²) in [6.07, 6.45) is 0. The van der Waals surface area contributed by atoms with Gasteiger partial charge in [-0.2, -0.15) is 0 Å². The number of aromatic nitrogens is 2. The van der Waals surface area contributed by atoms with E-state index in [4.69, 9.17) is 5.73 Å². The first-order valence-electron chi connectivity index (χ1n) is 5.90. The number of hydrogen-bond acceptors (Lipinski definition) is 6. The lowest BCUT2D eigenvalue weighted by molar-refractivity contribution is 0.0936. The number of carbonyl (C=O) groups excluding carboxylic acids is 1. The van der Waals surface area contributed by atoms with Crippen LogP contribution in [-0.4, -0.2) is 15.9 Å². The van der Waals surface area contributed by atoms with Gasteiger partial charge in [0.05, 0.1) is 16.7 Å². The summed E-state index contributed by atoms with van der Waals surface area (Å²) in [6, 6.07) is -0.0678. The highest BCUT2D eigenvalue weighted by atomic mass is 32.1. The van der Waals surface area contributed by atoms with E-state index in [-0.39, 0.29) is 11.9 Å². The molecule has 1 amide bonds. The van der Waals surface area contributed by atoms with Crippen molar-refractivity contribution in [1.29, 1.82) is 0 Å². The first kappa shape index (κ1) is 14.1. The molecule has 0 aliphatic rings. The lowest BCUT2D eigenvalue weighted by Crippen LogP contribution is -2.26. The molecule has 0 aliphatic carbocycles. The molecule has 1 unspecified atom stereocenters. The van der Waals surface area contributed by atoms with Crippen LogP contribution >= 0.6 is 22.7 Å². The quantitative estimate of drug-likeness (QED) is 0.906. The molecule has 2 aromatic heterocycles. The van der Waals surface area contributed by atoms with Crippen LogP contribution in [0.25, 0.3) is 0 Å². The molecule has 5 nitrogen and oxygen atoms in total. The number of carbonyl (C=O) groups is 1. The number of thiazole rings is 2.